The molecule has 2 heterocycles. The molecule has 0 saturated heterocycles. The number of nitrogens with one attached hydrogen (secondary N) is 1. The quantitative estimate of drug-likeness (QED) is 0.534. The normalized spacial score (nSPS) is 11.0. The van der Waals surface area contributed by atoms with Gasteiger partial charge >= 0.3 is 0 Å². The van der Waals surface area contributed by atoms with Gasteiger partial charge < -0.3 is 0 Å². The first-order valence-corrected chi connectivity index (χ1v) is 9.85. The number of carbonyl (C=O) groups is 1. The highest BCUT2D eigenvalue weighted by Gasteiger charge is 2.19. The van der Waals surface area contributed by atoms with E-state index in [1.165, 1.54) is 16.3 Å². The lowest BCUT2D eigenvalue weighted by atomic mass is 10.1. The zero-order valence-corrected chi connectivity index (χ0v) is 17.3. The summed E-state index contributed by atoms with van der Waals surface area (Å²) in [5, 5.41) is 3.56. The van der Waals surface area contributed by atoms with Crippen LogP contribution in [-0.4, -0.2) is 25.5 Å². The first-order chi connectivity index (χ1) is 14.4. The molecule has 0 saturated carbocycles. The Morgan fingerprint density at radius 3 is 2.43 bits per heavy atom. The fraction of sp³-hybridized carbons (Fsp3) is 0.182. The average molecular weight is 422 g/mol. The molecular weight excluding hydrogens is 402 g/mol. The number of aromatic amines is 1. The van der Waals surface area contributed by atoms with Crippen LogP contribution in [0.2, 0.25) is 5.02 Å². The standard InChI is InChI=1S/C22H20ClN5O2/c1-14-19(12-16-6-4-3-5-7-16)20(30)28-21(24-14)25-22(26-28)27(15(2)29)13-17-8-10-18(23)11-9-17/h3-11H,12-13H2,1-2H3,(H,24,25,26). The summed E-state index contributed by atoms with van der Waals surface area (Å²) in [5.41, 5.74) is 2.88. The third kappa shape index (κ3) is 3.97. The maximum absolute atomic E-state index is 13.1. The molecule has 0 spiro atoms. The third-order valence-corrected chi connectivity index (χ3v) is 5.15. The lowest BCUT2D eigenvalue weighted by Gasteiger charge is -2.17. The van der Waals surface area contributed by atoms with Crippen LogP contribution in [0, 0.1) is 6.92 Å². The van der Waals surface area contributed by atoms with Gasteiger partial charge in [-0.2, -0.15) is 9.50 Å². The maximum atomic E-state index is 13.1. The lowest BCUT2D eigenvalue weighted by molar-refractivity contribution is -0.116. The van der Waals surface area contributed by atoms with Crippen LogP contribution < -0.4 is 10.5 Å². The lowest BCUT2D eigenvalue weighted by Crippen LogP contribution is -2.29. The van der Waals surface area contributed by atoms with Crippen LogP contribution in [0.15, 0.2) is 59.4 Å². The van der Waals surface area contributed by atoms with Crippen LogP contribution >= 0.6 is 11.6 Å². The molecule has 0 radical (unpaired) electrons. The molecule has 0 aliphatic heterocycles. The summed E-state index contributed by atoms with van der Waals surface area (Å²) in [5.74, 6) is 0.281. The van der Waals surface area contributed by atoms with Gasteiger partial charge in [-0.05, 0) is 30.2 Å². The minimum absolute atomic E-state index is 0.210. The molecule has 30 heavy (non-hydrogen) atoms. The Hall–Kier alpha value is -3.45. The molecule has 0 bridgehead atoms. The average Bonchev–Trinajstić information content (AvgIpc) is 3.15. The number of carbonyl (C=O) groups excluding carboxylic acids is 1. The molecule has 4 rings (SSSR count). The number of H-pyrrole nitrogens is 1. The van der Waals surface area contributed by atoms with Crippen molar-refractivity contribution in [2.24, 2.45) is 0 Å². The summed E-state index contributed by atoms with van der Waals surface area (Å²) >= 11 is 5.94. The van der Waals surface area contributed by atoms with Crippen LogP contribution in [0.3, 0.4) is 0 Å². The molecule has 0 fully saturated rings. The van der Waals surface area contributed by atoms with Gasteiger partial charge in [0.15, 0.2) is 0 Å². The van der Waals surface area contributed by atoms with E-state index >= 15 is 0 Å². The van der Waals surface area contributed by atoms with E-state index in [0.29, 0.717) is 22.7 Å². The molecule has 0 atom stereocenters. The van der Waals surface area contributed by atoms with Gasteiger partial charge in [-0.3, -0.25) is 19.6 Å². The number of halogens is 1. The summed E-state index contributed by atoms with van der Waals surface area (Å²) in [6, 6.07) is 16.9. The Morgan fingerprint density at radius 2 is 1.77 bits per heavy atom. The molecule has 4 aromatic rings. The molecule has 7 nitrogen and oxygen atoms in total. The van der Waals surface area contributed by atoms with Crippen LogP contribution in [0.1, 0.15) is 29.3 Å². The minimum Gasteiger partial charge on any atom is -0.277 e. The van der Waals surface area contributed by atoms with Crippen molar-refractivity contribution in [2.45, 2.75) is 26.8 Å². The zero-order chi connectivity index (χ0) is 21.3. The second-order valence-corrected chi connectivity index (χ2v) is 7.49. The third-order valence-electron chi connectivity index (χ3n) is 4.90. The SMILES string of the molecule is CC(=O)N(Cc1ccc(Cl)cc1)c1nc2nc(C)c(Cc3ccccc3)c(=O)n2[nH]1. The van der Waals surface area contributed by atoms with Crippen molar-refractivity contribution in [3.63, 3.8) is 0 Å². The molecule has 1 N–H and O–H groups in total. The van der Waals surface area contributed by atoms with Crippen molar-refractivity contribution >= 4 is 29.2 Å². The fourth-order valence-corrected chi connectivity index (χ4v) is 3.40. The first-order valence-electron chi connectivity index (χ1n) is 9.47. The highest BCUT2D eigenvalue weighted by molar-refractivity contribution is 6.30. The molecule has 8 heteroatoms. The summed E-state index contributed by atoms with van der Waals surface area (Å²) in [6.45, 7) is 3.53. The summed E-state index contributed by atoms with van der Waals surface area (Å²) in [4.78, 5) is 35.7. The topological polar surface area (TPSA) is 83.4 Å². The van der Waals surface area contributed by atoms with Crippen molar-refractivity contribution in [1.82, 2.24) is 19.6 Å². The van der Waals surface area contributed by atoms with Crippen LogP contribution in [-0.2, 0) is 17.8 Å². The molecule has 2 aromatic heterocycles. The van der Waals surface area contributed by atoms with Crippen LogP contribution in [0.5, 0.6) is 0 Å². The zero-order valence-electron chi connectivity index (χ0n) is 16.6. The molecule has 152 valence electrons. The number of hydrogen-bond acceptors (Lipinski definition) is 4. The Balaban J connectivity index is 1.72. The smallest absolute Gasteiger partial charge is 0.277 e. The Bertz CT molecular complexity index is 1260. The van der Waals surface area contributed by atoms with Crippen molar-refractivity contribution in [2.75, 3.05) is 4.90 Å². The molecule has 0 unspecified atom stereocenters. The molecule has 2 aromatic carbocycles. The van der Waals surface area contributed by atoms with Gasteiger partial charge in [0.05, 0.1) is 12.2 Å². The Morgan fingerprint density at radius 1 is 1.07 bits per heavy atom. The molecular formula is C22H20ClN5O2. The number of fused-ring (bicyclic) bond motifs is 1. The largest absolute Gasteiger partial charge is 0.277 e. The molecule has 1 amide bonds. The fourth-order valence-electron chi connectivity index (χ4n) is 3.28. The number of hydrogen-bond donors (Lipinski definition) is 1. The Labute approximate surface area is 178 Å². The number of nitrogens with zero attached hydrogens (tertiary/aromatic N) is 4. The van der Waals surface area contributed by atoms with E-state index in [0.717, 1.165) is 11.1 Å². The number of amides is 1. The molecule has 0 aliphatic rings. The number of anilines is 1. The predicted molar refractivity (Wildman–Crippen MR) is 116 cm³/mol. The van der Waals surface area contributed by atoms with Crippen molar-refractivity contribution in [3.8, 4) is 0 Å². The van der Waals surface area contributed by atoms with E-state index in [-0.39, 0.29) is 29.7 Å². The van der Waals surface area contributed by atoms with Gasteiger partial charge in [0.2, 0.25) is 11.9 Å². The number of aromatic nitrogens is 4. The highest BCUT2D eigenvalue weighted by Crippen LogP contribution is 2.17. The van der Waals surface area contributed by atoms with Gasteiger partial charge in [0.25, 0.3) is 11.3 Å². The highest BCUT2D eigenvalue weighted by atomic mass is 35.5. The van der Waals surface area contributed by atoms with E-state index in [4.69, 9.17) is 11.6 Å². The van der Waals surface area contributed by atoms with E-state index in [1.807, 2.05) is 42.5 Å². The minimum atomic E-state index is -0.227. The van der Waals surface area contributed by atoms with Crippen molar-refractivity contribution < 1.29 is 4.79 Å². The van der Waals surface area contributed by atoms with Crippen molar-refractivity contribution in [3.05, 3.63) is 92.4 Å². The summed E-state index contributed by atoms with van der Waals surface area (Å²) < 4.78 is 1.29. The number of benzene rings is 2. The van der Waals surface area contributed by atoms with E-state index in [1.54, 1.807) is 19.1 Å². The van der Waals surface area contributed by atoms with Gasteiger partial charge in [0.1, 0.15) is 0 Å². The summed E-state index contributed by atoms with van der Waals surface area (Å²) in [7, 11) is 0. The maximum Gasteiger partial charge on any atom is 0.277 e. The monoisotopic (exact) mass is 421 g/mol. The second-order valence-electron chi connectivity index (χ2n) is 7.06. The second kappa shape index (κ2) is 8.12. The van der Waals surface area contributed by atoms with Crippen LogP contribution in [0.4, 0.5) is 5.95 Å². The van der Waals surface area contributed by atoms with Gasteiger partial charge in [-0.15, -0.1) is 0 Å². The van der Waals surface area contributed by atoms with E-state index in [2.05, 4.69) is 15.1 Å². The molecule has 0 aliphatic carbocycles. The van der Waals surface area contributed by atoms with Crippen LogP contribution in [0.25, 0.3) is 5.78 Å². The summed E-state index contributed by atoms with van der Waals surface area (Å²) in [6.07, 6.45) is 0.469. The van der Waals surface area contributed by atoms with Gasteiger partial charge in [0, 0.05) is 23.9 Å². The van der Waals surface area contributed by atoms with Gasteiger partial charge in [-0.1, -0.05) is 54.1 Å². The van der Waals surface area contributed by atoms with Crippen molar-refractivity contribution in [1.29, 1.82) is 0 Å². The first kappa shape index (κ1) is 19.8. The van der Waals surface area contributed by atoms with Gasteiger partial charge in [-0.25, -0.2) is 4.98 Å². The number of rotatable bonds is 5. The van der Waals surface area contributed by atoms with E-state index in [9.17, 15) is 9.59 Å². The Kier molecular flexibility index (Phi) is 5.37. The predicted octanol–water partition coefficient (Wildman–Crippen LogP) is 3.52. The van der Waals surface area contributed by atoms with E-state index < -0.39 is 0 Å². The number of aryl methyl sites for hydroxylation is 1.